The summed E-state index contributed by atoms with van der Waals surface area (Å²) in [6.07, 6.45) is 3.00. The van der Waals surface area contributed by atoms with Crippen molar-refractivity contribution >= 4 is 5.91 Å². The second-order valence-electron chi connectivity index (χ2n) is 6.74. The van der Waals surface area contributed by atoms with E-state index in [1.807, 2.05) is 41.3 Å². The molecule has 2 aliphatic heterocycles. The molecule has 0 N–H and O–H groups in total. The minimum Gasteiger partial charge on any atom is -0.493 e. The fourth-order valence-electron chi connectivity index (χ4n) is 3.54. The highest BCUT2D eigenvalue weighted by molar-refractivity contribution is 5.95. The molecule has 128 valence electrons. The van der Waals surface area contributed by atoms with Gasteiger partial charge >= 0.3 is 0 Å². The van der Waals surface area contributed by atoms with Gasteiger partial charge in [-0.2, -0.15) is 0 Å². The number of rotatable bonds is 4. The van der Waals surface area contributed by atoms with Gasteiger partial charge in [-0.05, 0) is 42.7 Å². The summed E-state index contributed by atoms with van der Waals surface area (Å²) in [7, 11) is 0. The van der Waals surface area contributed by atoms with Crippen LogP contribution in [0, 0.1) is 0 Å². The normalized spacial score (nSPS) is 17.1. The van der Waals surface area contributed by atoms with Gasteiger partial charge in [-0.3, -0.25) is 4.79 Å². The summed E-state index contributed by atoms with van der Waals surface area (Å²) in [4.78, 5) is 15.1. The number of amides is 1. The third-order valence-electron chi connectivity index (χ3n) is 5.00. The van der Waals surface area contributed by atoms with Gasteiger partial charge in [-0.1, -0.05) is 12.1 Å². The fraction of sp³-hybridized carbons (Fsp3) is 0.350. The van der Waals surface area contributed by atoms with E-state index in [1.54, 1.807) is 0 Å². The van der Waals surface area contributed by atoms with Crippen LogP contribution in [0.15, 0.2) is 36.4 Å². The summed E-state index contributed by atoms with van der Waals surface area (Å²) in [6, 6.07) is 11.9. The number of fused-ring (bicyclic) bond motifs is 2. The van der Waals surface area contributed by atoms with Gasteiger partial charge in [0.15, 0.2) is 11.5 Å². The zero-order valence-corrected chi connectivity index (χ0v) is 13.9. The summed E-state index contributed by atoms with van der Waals surface area (Å²) in [5.74, 6) is 2.51. The Labute approximate surface area is 146 Å². The molecule has 5 nitrogen and oxygen atoms in total. The topological polar surface area (TPSA) is 48.0 Å². The lowest BCUT2D eigenvalue weighted by Gasteiger charge is -2.23. The molecule has 5 heteroatoms. The quantitative estimate of drug-likeness (QED) is 0.860. The Morgan fingerprint density at radius 1 is 1.08 bits per heavy atom. The first-order valence-electron chi connectivity index (χ1n) is 8.74. The SMILES string of the molecule is O=C(c1ccc2c(c1)CCO2)N(Cc1cccc2c1OCO2)C1CC1. The van der Waals surface area contributed by atoms with E-state index in [2.05, 4.69) is 0 Å². The van der Waals surface area contributed by atoms with Gasteiger partial charge in [0.2, 0.25) is 6.79 Å². The molecule has 5 rings (SSSR count). The molecule has 25 heavy (non-hydrogen) atoms. The van der Waals surface area contributed by atoms with E-state index in [0.717, 1.165) is 53.2 Å². The van der Waals surface area contributed by atoms with Crippen LogP contribution in [0.4, 0.5) is 0 Å². The molecule has 0 saturated heterocycles. The number of carbonyl (C=O) groups is 1. The Kier molecular flexibility index (Phi) is 3.33. The first-order chi connectivity index (χ1) is 12.3. The van der Waals surface area contributed by atoms with Crippen molar-refractivity contribution in [2.75, 3.05) is 13.4 Å². The lowest BCUT2D eigenvalue weighted by Crippen LogP contribution is -2.32. The van der Waals surface area contributed by atoms with Crippen molar-refractivity contribution in [3.05, 3.63) is 53.1 Å². The average molecular weight is 337 g/mol. The zero-order chi connectivity index (χ0) is 16.8. The third kappa shape index (κ3) is 2.60. The first-order valence-corrected chi connectivity index (χ1v) is 8.74. The van der Waals surface area contributed by atoms with Crippen LogP contribution in [0.5, 0.6) is 17.2 Å². The van der Waals surface area contributed by atoms with Crippen LogP contribution in [0.25, 0.3) is 0 Å². The molecule has 0 atom stereocenters. The molecule has 1 fully saturated rings. The van der Waals surface area contributed by atoms with E-state index in [-0.39, 0.29) is 12.7 Å². The number of para-hydroxylation sites is 1. The Hall–Kier alpha value is -2.69. The molecule has 0 unspecified atom stereocenters. The highest BCUT2D eigenvalue weighted by atomic mass is 16.7. The molecule has 3 aliphatic rings. The highest BCUT2D eigenvalue weighted by Gasteiger charge is 2.34. The van der Waals surface area contributed by atoms with E-state index in [4.69, 9.17) is 14.2 Å². The van der Waals surface area contributed by atoms with Gasteiger partial charge in [0.05, 0.1) is 13.2 Å². The van der Waals surface area contributed by atoms with Gasteiger partial charge in [-0.15, -0.1) is 0 Å². The van der Waals surface area contributed by atoms with Crippen molar-refractivity contribution in [3.63, 3.8) is 0 Å². The van der Waals surface area contributed by atoms with Crippen LogP contribution in [0.3, 0.4) is 0 Å². The molecule has 0 spiro atoms. The first kappa shape index (κ1) is 14.6. The summed E-state index contributed by atoms with van der Waals surface area (Å²) < 4.78 is 16.6. The maximum absolute atomic E-state index is 13.1. The summed E-state index contributed by atoms with van der Waals surface area (Å²) in [5.41, 5.74) is 2.86. The van der Waals surface area contributed by atoms with Gasteiger partial charge in [0, 0.05) is 23.6 Å². The summed E-state index contributed by atoms with van der Waals surface area (Å²) in [6.45, 7) is 1.49. The Morgan fingerprint density at radius 2 is 2.00 bits per heavy atom. The second kappa shape index (κ2) is 5.69. The predicted molar refractivity (Wildman–Crippen MR) is 91.1 cm³/mol. The Morgan fingerprint density at radius 3 is 2.88 bits per heavy atom. The van der Waals surface area contributed by atoms with E-state index >= 15 is 0 Å². The predicted octanol–water partition coefficient (Wildman–Crippen LogP) is 3.16. The van der Waals surface area contributed by atoms with Crippen LogP contribution in [0.2, 0.25) is 0 Å². The maximum atomic E-state index is 13.1. The summed E-state index contributed by atoms with van der Waals surface area (Å²) >= 11 is 0. The van der Waals surface area contributed by atoms with Crippen LogP contribution in [0.1, 0.15) is 34.3 Å². The van der Waals surface area contributed by atoms with Crippen molar-refractivity contribution < 1.29 is 19.0 Å². The van der Waals surface area contributed by atoms with Crippen LogP contribution < -0.4 is 14.2 Å². The molecule has 1 aliphatic carbocycles. The van der Waals surface area contributed by atoms with E-state index in [9.17, 15) is 4.79 Å². The average Bonchev–Trinajstić information content (AvgIpc) is 3.17. The van der Waals surface area contributed by atoms with Crippen molar-refractivity contribution in [2.45, 2.75) is 31.8 Å². The molecule has 0 bridgehead atoms. The lowest BCUT2D eigenvalue weighted by molar-refractivity contribution is 0.0728. The fourth-order valence-corrected chi connectivity index (χ4v) is 3.54. The molecular formula is C20H19NO4. The largest absolute Gasteiger partial charge is 0.493 e. The van der Waals surface area contributed by atoms with E-state index < -0.39 is 0 Å². The second-order valence-corrected chi connectivity index (χ2v) is 6.74. The number of benzene rings is 2. The Bertz CT molecular complexity index is 844. The van der Waals surface area contributed by atoms with E-state index in [1.165, 1.54) is 0 Å². The summed E-state index contributed by atoms with van der Waals surface area (Å²) in [5, 5.41) is 0. The van der Waals surface area contributed by atoms with Crippen LogP contribution in [-0.4, -0.2) is 30.2 Å². The van der Waals surface area contributed by atoms with Gasteiger partial charge in [-0.25, -0.2) is 0 Å². The molecular weight excluding hydrogens is 318 g/mol. The van der Waals surface area contributed by atoms with Crippen molar-refractivity contribution in [2.24, 2.45) is 0 Å². The van der Waals surface area contributed by atoms with Crippen LogP contribution >= 0.6 is 0 Å². The van der Waals surface area contributed by atoms with Crippen LogP contribution in [-0.2, 0) is 13.0 Å². The number of ether oxygens (including phenoxy) is 3. The zero-order valence-electron chi connectivity index (χ0n) is 13.9. The van der Waals surface area contributed by atoms with Gasteiger partial charge in [0.1, 0.15) is 5.75 Å². The monoisotopic (exact) mass is 337 g/mol. The molecule has 0 radical (unpaired) electrons. The Balaban J connectivity index is 1.44. The lowest BCUT2D eigenvalue weighted by atomic mass is 10.1. The van der Waals surface area contributed by atoms with Crippen molar-refractivity contribution in [1.29, 1.82) is 0 Å². The molecule has 2 heterocycles. The number of hydrogen-bond acceptors (Lipinski definition) is 4. The number of nitrogens with zero attached hydrogens (tertiary/aromatic N) is 1. The molecule has 2 aromatic rings. The van der Waals surface area contributed by atoms with Crippen molar-refractivity contribution in [1.82, 2.24) is 4.90 Å². The van der Waals surface area contributed by atoms with Gasteiger partial charge in [0.25, 0.3) is 5.91 Å². The number of carbonyl (C=O) groups excluding carboxylic acids is 1. The standard InChI is InChI=1S/C20H19NO4/c22-20(14-4-7-17-13(10-14)8-9-23-17)21(16-5-6-16)11-15-2-1-3-18-19(15)25-12-24-18/h1-4,7,10,16H,5-6,8-9,11-12H2. The number of hydrogen-bond donors (Lipinski definition) is 0. The molecule has 1 amide bonds. The smallest absolute Gasteiger partial charge is 0.254 e. The highest BCUT2D eigenvalue weighted by Crippen LogP contribution is 2.38. The van der Waals surface area contributed by atoms with Gasteiger partial charge < -0.3 is 19.1 Å². The minimum atomic E-state index is 0.0775. The third-order valence-corrected chi connectivity index (χ3v) is 5.00. The molecule has 2 aromatic carbocycles. The molecule has 1 saturated carbocycles. The maximum Gasteiger partial charge on any atom is 0.254 e. The van der Waals surface area contributed by atoms with E-state index in [0.29, 0.717) is 19.2 Å². The van der Waals surface area contributed by atoms with Crippen molar-refractivity contribution in [3.8, 4) is 17.2 Å². The minimum absolute atomic E-state index is 0.0775. The molecule has 0 aromatic heterocycles.